The molecule has 0 fully saturated rings. The van der Waals surface area contributed by atoms with Crippen LogP contribution in [0, 0.1) is 0 Å². The van der Waals surface area contributed by atoms with Gasteiger partial charge in [0.15, 0.2) is 0 Å². The number of fused-ring (bicyclic) bond motifs is 1. The van der Waals surface area contributed by atoms with Crippen molar-refractivity contribution < 1.29 is 9.15 Å². The van der Waals surface area contributed by atoms with Crippen molar-refractivity contribution in [1.29, 1.82) is 0 Å². The molecule has 0 aliphatic heterocycles. The molecule has 0 saturated carbocycles. The lowest BCUT2D eigenvalue weighted by molar-refractivity contribution is 0.385. The van der Waals surface area contributed by atoms with E-state index >= 15 is 0 Å². The van der Waals surface area contributed by atoms with Gasteiger partial charge in [-0.1, -0.05) is 50.2 Å². The highest BCUT2D eigenvalue weighted by Gasteiger charge is 2.07. The van der Waals surface area contributed by atoms with E-state index in [1.54, 1.807) is 6.07 Å². The second kappa shape index (κ2) is 5.68. The van der Waals surface area contributed by atoms with E-state index in [9.17, 15) is 4.79 Å². The minimum Gasteiger partial charge on any atom is -0.490 e. The van der Waals surface area contributed by atoms with Gasteiger partial charge in [0.2, 0.25) is 5.75 Å². The second-order valence-corrected chi connectivity index (χ2v) is 5.63. The summed E-state index contributed by atoms with van der Waals surface area (Å²) in [6.45, 7) is 4.35. The van der Waals surface area contributed by atoms with Crippen molar-refractivity contribution in [2.45, 2.75) is 19.8 Å². The van der Waals surface area contributed by atoms with Crippen molar-refractivity contribution in [2.24, 2.45) is 0 Å². The van der Waals surface area contributed by atoms with Gasteiger partial charge in [0.05, 0.1) is 7.11 Å². The summed E-state index contributed by atoms with van der Waals surface area (Å²) in [7, 11) is 1.46. The summed E-state index contributed by atoms with van der Waals surface area (Å²) in [6.07, 6.45) is 0. The summed E-state index contributed by atoms with van der Waals surface area (Å²) in [4.78, 5) is 11.7. The summed E-state index contributed by atoms with van der Waals surface area (Å²) < 4.78 is 10.3. The molecule has 2 aromatic carbocycles. The fourth-order valence-corrected chi connectivity index (χ4v) is 2.47. The molecule has 0 N–H and O–H groups in total. The Morgan fingerprint density at radius 3 is 2.27 bits per heavy atom. The van der Waals surface area contributed by atoms with Crippen LogP contribution < -0.4 is 10.4 Å². The van der Waals surface area contributed by atoms with Gasteiger partial charge in [-0.15, -0.1) is 0 Å². The van der Waals surface area contributed by atoms with Crippen molar-refractivity contribution in [1.82, 2.24) is 0 Å². The van der Waals surface area contributed by atoms with E-state index in [4.69, 9.17) is 9.15 Å². The number of hydrogen-bond acceptors (Lipinski definition) is 3. The van der Waals surface area contributed by atoms with E-state index in [0.717, 1.165) is 16.5 Å². The molecule has 3 nitrogen and oxygen atoms in total. The van der Waals surface area contributed by atoms with Crippen LogP contribution in [0.4, 0.5) is 0 Å². The predicted molar refractivity (Wildman–Crippen MR) is 88.6 cm³/mol. The molecule has 0 aliphatic rings. The van der Waals surface area contributed by atoms with Gasteiger partial charge in [-0.05, 0) is 34.7 Å². The second-order valence-electron chi connectivity index (χ2n) is 5.63. The summed E-state index contributed by atoms with van der Waals surface area (Å²) in [5.74, 6) is 0.734. The zero-order valence-electron chi connectivity index (χ0n) is 12.9. The maximum atomic E-state index is 11.7. The standard InChI is InChI=1S/C19H18O3/c1-12(2)13-4-6-14(7-5-13)15-8-9-16-11-18(21-3)19(20)22-17(16)10-15/h4-12H,1-3H3. The van der Waals surface area contributed by atoms with E-state index in [2.05, 4.69) is 38.1 Å². The fraction of sp³-hybridized carbons (Fsp3) is 0.211. The van der Waals surface area contributed by atoms with Crippen LogP contribution in [0.15, 0.2) is 57.7 Å². The number of methoxy groups -OCH3 is 1. The van der Waals surface area contributed by atoms with Gasteiger partial charge < -0.3 is 9.15 Å². The van der Waals surface area contributed by atoms with E-state index < -0.39 is 5.63 Å². The minimum atomic E-state index is -0.456. The Morgan fingerprint density at radius 1 is 0.955 bits per heavy atom. The smallest absolute Gasteiger partial charge is 0.379 e. The highest BCUT2D eigenvalue weighted by Crippen LogP contribution is 2.26. The molecule has 3 heteroatoms. The summed E-state index contributed by atoms with van der Waals surface area (Å²) in [5, 5.41) is 0.846. The molecule has 0 radical (unpaired) electrons. The molecule has 1 aromatic heterocycles. The van der Waals surface area contributed by atoms with Crippen molar-refractivity contribution in [2.75, 3.05) is 7.11 Å². The highest BCUT2D eigenvalue weighted by molar-refractivity contribution is 5.83. The van der Waals surface area contributed by atoms with Crippen LogP contribution in [-0.4, -0.2) is 7.11 Å². The SMILES string of the molecule is COc1cc2ccc(-c3ccc(C(C)C)cc3)cc2oc1=O. The van der Waals surface area contributed by atoms with Crippen molar-refractivity contribution >= 4 is 11.0 Å². The summed E-state index contributed by atoms with van der Waals surface area (Å²) >= 11 is 0. The van der Waals surface area contributed by atoms with Crippen LogP contribution in [0.3, 0.4) is 0 Å². The molecule has 112 valence electrons. The Morgan fingerprint density at radius 2 is 1.64 bits per heavy atom. The van der Waals surface area contributed by atoms with Gasteiger partial charge in [-0.25, -0.2) is 4.79 Å². The molecular formula is C19H18O3. The Labute approximate surface area is 129 Å². The van der Waals surface area contributed by atoms with Crippen molar-refractivity contribution in [3.8, 4) is 16.9 Å². The Kier molecular flexibility index (Phi) is 3.72. The summed E-state index contributed by atoms with van der Waals surface area (Å²) in [5.41, 5.74) is 3.54. The first-order chi connectivity index (χ1) is 10.6. The summed E-state index contributed by atoms with van der Waals surface area (Å²) in [6, 6.07) is 16.0. The molecule has 0 bridgehead atoms. The number of hydrogen-bond donors (Lipinski definition) is 0. The molecule has 0 unspecified atom stereocenters. The molecule has 0 spiro atoms. The zero-order chi connectivity index (χ0) is 15.7. The average Bonchev–Trinajstić information content (AvgIpc) is 2.53. The first-order valence-corrected chi connectivity index (χ1v) is 7.30. The van der Waals surface area contributed by atoms with Crippen LogP contribution in [0.5, 0.6) is 5.75 Å². The van der Waals surface area contributed by atoms with Crippen molar-refractivity contribution in [3.05, 3.63) is 64.5 Å². The van der Waals surface area contributed by atoms with Gasteiger partial charge in [0, 0.05) is 5.39 Å². The third kappa shape index (κ3) is 2.62. The van der Waals surface area contributed by atoms with Gasteiger partial charge in [0.1, 0.15) is 5.58 Å². The van der Waals surface area contributed by atoms with Gasteiger partial charge in [0.25, 0.3) is 0 Å². The quantitative estimate of drug-likeness (QED) is 0.663. The maximum absolute atomic E-state index is 11.7. The third-order valence-electron chi connectivity index (χ3n) is 3.83. The van der Waals surface area contributed by atoms with Crippen LogP contribution in [-0.2, 0) is 0 Å². The first kappa shape index (κ1) is 14.4. The molecule has 22 heavy (non-hydrogen) atoms. The van der Waals surface area contributed by atoms with Gasteiger partial charge in [-0.3, -0.25) is 0 Å². The average molecular weight is 294 g/mol. The molecule has 0 aliphatic carbocycles. The third-order valence-corrected chi connectivity index (χ3v) is 3.83. The van der Waals surface area contributed by atoms with E-state index in [-0.39, 0.29) is 5.75 Å². The Balaban J connectivity index is 2.06. The topological polar surface area (TPSA) is 39.4 Å². The molecule has 3 rings (SSSR count). The highest BCUT2D eigenvalue weighted by atomic mass is 16.5. The number of rotatable bonds is 3. The first-order valence-electron chi connectivity index (χ1n) is 7.30. The van der Waals surface area contributed by atoms with Crippen LogP contribution in [0.2, 0.25) is 0 Å². The molecule has 0 amide bonds. The Hall–Kier alpha value is -2.55. The lowest BCUT2D eigenvalue weighted by Gasteiger charge is -2.08. The van der Waals surface area contributed by atoms with E-state index in [1.807, 2.05) is 18.2 Å². The van der Waals surface area contributed by atoms with Crippen LogP contribution in [0.25, 0.3) is 22.1 Å². The van der Waals surface area contributed by atoms with Gasteiger partial charge >= 0.3 is 5.63 Å². The van der Waals surface area contributed by atoms with Gasteiger partial charge in [-0.2, -0.15) is 0 Å². The number of ether oxygens (including phenoxy) is 1. The monoisotopic (exact) mass is 294 g/mol. The molecule has 0 saturated heterocycles. The largest absolute Gasteiger partial charge is 0.490 e. The lowest BCUT2D eigenvalue weighted by Crippen LogP contribution is -2.02. The lowest BCUT2D eigenvalue weighted by atomic mass is 9.98. The van der Waals surface area contributed by atoms with Crippen LogP contribution in [0.1, 0.15) is 25.3 Å². The minimum absolute atomic E-state index is 0.224. The van der Waals surface area contributed by atoms with Crippen LogP contribution >= 0.6 is 0 Å². The predicted octanol–water partition coefficient (Wildman–Crippen LogP) is 4.59. The maximum Gasteiger partial charge on any atom is 0.379 e. The molecular weight excluding hydrogens is 276 g/mol. The molecule has 0 atom stereocenters. The fourth-order valence-electron chi connectivity index (χ4n) is 2.47. The van der Waals surface area contributed by atoms with E-state index in [1.165, 1.54) is 12.7 Å². The normalized spacial score (nSPS) is 11.1. The number of benzene rings is 2. The van der Waals surface area contributed by atoms with E-state index in [0.29, 0.717) is 11.5 Å². The Bertz CT molecular complexity index is 858. The molecule has 3 aromatic rings. The zero-order valence-corrected chi connectivity index (χ0v) is 12.9. The molecule has 1 heterocycles. The van der Waals surface area contributed by atoms with Crippen molar-refractivity contribution in [3.63, 3.8) is 0 Å².